The second-order valence-electron chi connectivity index (χ2n) is 7.45. The second kappa shape index (κ2) is 9.17. The Morgan fingerprint density at radius 3 is 2.88 bits per heavy atom. The van der Waals surface area contributed by atoms with E-state index in [2.05, 4.69) is 17.1 Å². The van der Waals surface area contributed by atoms with Crippen molar-refractivity contribution in [2.24, 2.45) is 0 Å². The van der Waals surface area contributed by atoms with Crippen LogP contribution < -0.4 is 10.2 Å². The van der Waals surface area contributed by atoms with Crippen molar-refractivity contribution < 1.29 is 9.59 Å². The molecule has 5 nitrogen and oxygen atoms in total. The zero-order valence-corrected chi connectivity index (χ0v) is 15.9. The molecule has 2 aliphatic rings. The molecule has 1 aromatic carbocycles. The first-order chi connectivity index (χ1) is 12.7. The molecule has 2 saturated heterocycles. The van der Waals surface area contributed by atoms with Crippen LogP contribution in [-0.2, 0) is 4.79 Å². The largest absolute Gasteiger partial charge is 0.350 e. The van der Waals surface area contributed by atoms with E-state index >= 15 is 0 Å². The van der Waals surface area contributed by atoms with Crippen molar-refractivity contribution in [3.8, 4) is 0 Å². The molecule has 5 heteroatoms. The summed E-state index contributed by atoms with van der Waals surface area (Å²) in [5.41, 5.74) is 1.47. The van der Waals surface area contributed by atoms with Crippen molar-refractivity contribution >= 4 is 17.5 Å². The number of hydrogen-bond donors (Lipinski definition) is 1. The molecule has 0 radical (unpaired) electrons. The molecule has 26 heavy (non-hydrogen) atoms. The molecule has 2 heterocycles. The summed E-state index contributed by atoms with van der Waals surface area (Å²) in [7, 11) is 0. The van der Waals surface area contributed by atoms with Crippen LogP contribution in [0.4, 0.5) is 5.69 Å². The van der Waals surface area contributed by atoms with Crippen LogP contribution in [-0.4, -0.2) is 48.9 Å². The van der Waals surface area contributed by atoms with Gasteiger partial charge in [-0.15, -0.1) is 0 Å². The molecule has 0 saturated carbocycles. The number of amides is 2. The highest BCUT2D eigenvalue weighted by molar-refractivity contribution is 5.99. The Hall–Kier alpha value is -1.88. The number of hydrogen-bond acceptors (Lipinski definition) is 3. The van der Waals surface area contributed by atoms with Gasteiger partial charge in [0.2, 0.25) is 5.91 Å². The molecule has 142 valence electrons. The first-order valence-electron chi connectivity index (χ1n) is 10.1. The van der Waals surface area contributed by atoms with Gasteiger partial charge in [0.1, 0.15) is 0 Å². The summed E-state index contributed by atoms with van der Waals surface area (Å²) >= 11 is 0. The highest BCUT2D eigenvalue weighted by atomic mass is 16.2. The molecule has 0 spiro atoms. The van der Waals surface area contributed by atoms with Crippen LogP contribution >= 0.6 is 0 Å². The predicted octanol–water partition coefficient (Wildman–Crippen LogP) is 3.20. The van der Waals surface area contributed by atoms with Gasteiger partial charge in [0.25, 0.3) is 5.91 Å². The van der Waals surface area contributed by atoms with Crippen LogP contribution in [0.1, 0.15) is 62.2 Å². The van der Waals surface area contributed by atoms with E-state index in [1.54, 1.807) is 4.90 Å². The van der Waals surface area contributed by atoms with Gasteiger partial charge in [0, 0.05) is 36.8 Å². The maximum Gasteiger partial charge on any atom is 0.251 e. The van der Waals surface area contributed by atoms with Crippen molar-refractivity contribution in [2.75, 3.05) is 31.1 Å². The molecule has 1 unspecified atom stereocenters. The highest BCUT2D eigenvalue weighted by Crippen LogP contribution is 2.22. The van der Waals surface area contributed by atoms with Crippen LogP contribution in [0.2, 0.25) is 0 Å². The van der Waals surface area contributed by atoms with Crippen molar-refractivity contribution in [1.29, 1.82) is 0 Å². The van der Waals surface area contributed by atoms with Gasteiger partial charge in [0.15, 0.2) is 0 Å². The lowest BCUT2D eigenvalue weighted by atomic mass is 10.0. The number of carbonyl (C=O) groups is 2. The summed E-state index contributed by atoms with van der Waals surface area (Å²) < 4.78 is 0. The van der Waals surface area contributed by atoms with E-state index in [-0.39, 0.29) is 11.8 Å². The molecule has 0 aromatic heterocycles. The quantitative estimate of drug-likeness (QED) is 0.815. The number of rotatable bonds is 7. The third-order valence-corrected chi connectivity index (χ3v) is 5.54. The fourth-order valence-electron chi connectivity index (χ4n) is 4.00. The van der Waals surface area contributed by atoms with Gasteiger partial charge >= 0.3 is 0 Å². The smallest absolute Gasteiger partial charge is 0.251 e. The standard InChI is InChI=1S/C21H31N3O2/c1-2-3-12-23-13-5-4-9-19(23)16-22-21(26)17-8-6-10-18(15-17)24-14-7-11-20(24)25/h6,8,10,15,19H,2-5,7,9,11-14,16H2,1H3,(H,22,26). The third kappa shape index (κ3) is 4.64. The monoisotopic (exact) mass is 357 g/mol. The number of piperidine rings is 1. The summed E-state index contributed by atoms with van der Waals surface area (Å²) in [6, 6.07) is 7.89. The van der Waals surface area contributed by atoms with Crippen molar-refractivity contribution in [2.45, 2.75) is 57.9 Å². The SMILES string of the molecule is CCCCN1CCCCC1CNC(=O)c1cccc(N2CCCC2=O)c1. The van der Waals surface area contributed by atoms with E-state index in [1.165, 1.54) is 25.7 Å². The van der Waals surface area contributed by atoms with E-state index in [4.69, 9.17) is 0 Å². The Balaban J connectivity index is 1.58. The Bertz CT molecular complexity index is 631. The minimum absolute atomic E-state index is 0.0421. The Morgan fingerprint density at radius 2 is 2.12 bits per heavy atom. The third-order valence-electron chi connectivity index (χ3n) is 5.54. The Morgan fingerprint density at radius 1 is 1.23 bits per heavy atom. The number of nitrogens with one attached hydrogen (secondary N) is 1. The number of unbranched alkanes of at least 4 members (excludes halogenated alkanes) is 1. The van der Waals surface area contributed by atoms with E-state index in [1.807, 2.05) is 24.3 Å². The zero-order valence-electron chi connectivity index (χ0n) is 15.9. The highest BCUT2D eigenvalue weighted by Gasteiger charge is 2.24. The lowest BCUT2D eigenvalue weighted by Gasteiger charge is -2.35. The maximum atomic E-state index is 12.6. The minimum Gasteiger partial charge on any atom is -0.350 e. The van der Waals surface area contributed by atoms with Crippen molar-refractivity contribution in [1.82, 2.24) is 10.2 Å². The average molecular weight is 357 g/mol. The van der Waals surface area contributed by atoms with E-state index in [0.717, 1.165) is 38.2 Å². The number of carbonyl (C=O) groups excluding carboxylic acids is 2. The molecule has 2 aliphatic heterocycles. The van der Waals surface area contributed by atoms with E-state index in [0.29, 0.717) is 24.6 Å². The Labute approximate surface area is 156 Å². The zero-order chi connectivity index (χ0) is 18.4. The first-order valence-corrected chi connectivity index (χ1v) is 10.1. The number of anilines is 1. The fourth-order valence-corrected chi connectivity index (χ4v) is 4.00. The number of likely N-dealkylation sites (tertiary alicyclic amines) is 1. The number of nitrogens with zero attached hydrogens (tertiary/aromatic N) is 2. The summed E-state index contributed by atoms with van der Waals surface area (Å²) in [6.45, 7) is 5.95. The second-order valence-corrected chi connectivity index (χ2v) is 7.45. The summed E-state index contributed by atoms with van der Waals surface area (Å²) in [4.78, 5) is 28.9. The van der Waals surface area contributed by atoms with Crippen LogP contribution in [0, 0.1) is 0 Å². The van der Waals surface area contributed by atoms with Crippen molar-refractivity contribution in [3.63, 3.8) is 0 Å². The van der Waals surface area contributed by atoms with Gasteiger partial charge in [-0.1, -0.05) is 25.8 Å². The van der Waals surface area contributed by atoms with Gasteiger partial charge in [-0.2, -0.15) is 0 Å². The van der Waals surface area contributed by atoms with Gasteiger partial charge in [-0.05, 0) is 57.0 Å². The molecular weight excluding hydrogens is 326 g/mol. The first kappa shape index (κ1) is 18.9. The van der Waals surface area contributed by atoms with Crippen LogP contribution in [0.3, 0.4) is 0 Å². The van der Waals surface area contributed by atoms with Gasteiger partial charge < -0.3 is 10.2 Å². The predicted molar refractivity (Wildman–Crippen MR) is 104 cm³/mol. The maximum absolute atomic E-state index is 12.6. The van der Waals surface area contributed by atoms with Crippen LogP contribution in [0.25, 0.3) is 0 Å². The van der Waals surface area contributed by atoms with Crippen LogP contribution in [0.15, 0.2) is 24.3 Å². The molecule has 1 aromatic rings. The topological polar surface area (TPSA) is 52.7 Å². The van der Waals surface area contributed by atoms with Gasteiger partial charge in [-0.25, -0.2) is 0 Å². The van der Waals surface area contributed by atoms with Crippen molar-refractivity contribution in [3.05, 3.63) is 29.8 Å². The van der Waals surface area contributed by atoms with E-state index in [9.17, 15) is 9.59 Å². The van der Waals surface area contributed by atoms with Gasteiger partial charge in [0.05, 0.1) is 0 Å². The molecule has 0 bridgehead atoms. The molecule has 0 aliphatic carbocycles. The average Bonchev–Trinajstić information content (AvgIpc) is 3.11. The Kier molecular flexibility index (Phi) is 6.67. The normalized spacial score (nSPS) is 21.2. The molecule has 1 N–H and O–H groups in total. The van der Waals surface area contributed by atoms with Crippen LogP contribution in [0.5, 0.6) is 0 Å². The molecular formula is C21H31N3O2. The minimum atomic E-state index is -0.0421. The lowest BCUT2D eigenvalue weighted by Crippen LogP contribution is -2.47. The molecule has 2 amide bonds. The lowest BCUT2D eigenvalue weighted by molar-refractivity contribution is -0.117. The van der Waals surface area contributed by atoms with Gasteiger partial charge in [-0.3, -0.25) is 14.5 Å². The number of benzene rings is 1. The van der Waals surface area contributed by atoms with E-state index < -0.39 is 0 Å². The molecule has 3 rings (SSSR count). The summed E-state index contributed by atoms with van der Waals surface area (Å²) in [5, 5.41) is 3.12. The fraction of sp³-hybridized carbons (Fsp3) is 0.619. The molecule has 2 fully saturated rings. The molecule has 1 atom stereocenters. The summed E-state index contributed by atoms with van der Waals surface area (Å²) in [6.07, 6.45) is 7.59. The summed E-state index contributed by atoms with van der Waals surface area (Å²) in [5.74, 6) is 0.107.